The largest absolute Gasteiger partial charge is 0.553 e. The van der Waals surface area contributed by atoms with Gasteiger partial charge in [-0.15, -0.1) is 45.3 Å². The van der Waals surface area contributed by atoms with Crippen molar-refractivity contribution in [2.24, 2.45) is 21.7 Å². The Balaban J connectivity index is 1.24. The van der Waals surface area contributed by atoms with Crippen molar-refractivity contribution in [3.8, 4) is 20.9 Å². The third-order valence-electron chi connectivity index (χ3n) is 16.8. The number of halogens is 15. The topological polar surface area (TPSA) is 15.9 Å². The van der Waals surface area contributed by atoms with E-state index in [1.807, 2.05) is 20.8 Å². The fraction of sp³-hybridized carbons (Fsp3) is 0.410. The number of nitrogens with zero attached hydrogens (tertiary/aromatic N) is 4. The number of hydrogen-bond donors (Lipinski definition) is 0. The van der Waals surface area contributed by atoms with Crippen molar-refractivity contribution in [3.05, 3.63) is 136 Å². The van der Waals surface area contributed by atoms with Crippen molar-refractivity contribution in [2.75, 3.05) is 0 Å². The van der Waals surface area contributed by atoms with E-state index in [1.54, 1.807) is 48.7 Å². The summed E-state index contributed by atoms with van der Waals surface area (Å²) in [5.41, 5.74) is -10.7. The minimum absolute atomic E-state index is 0.0737. The van der Waals surface area contributed by atoms with Crippen LogP contribution in [-0.2, 0) is 31.6 Å². The molecule has 0 aliphatic carbocycles. The first-order valence-corrected chi connectivity index (χ1v) is 29.9. The van der Waals surface area contributed by atoms with E-state index in [0.29, 0.717) is 43.6 Å². The molecule has 6 aromatic heterocycles. The van der Waals surface area contributed by atoms with Gasteiger partial charge in [0.15, 0.2) is 11.1 Å². The van der Waals surface area contributed by atoms with Gasteiger partial charge in [-0.2, -0.15) is 75.0 Å². The second-order valence-corrected chi connectivity index (χ2v) is 30.3. The van der Waals surface area contributed by atoms with Crippen LogP contribution in [-0.4, -0.2) is 60.6 Å². The smallest absolute Gasteiger partial charge is 0.198 e. The molecule has 1 spiro atoms. The molecule has 0 bridgehead atoms. The van der Waals surface area contributed by atoms with E-state index in [1.165, 1.54) is 45.6 Å². The predicted octanol–water partition coefficient (Wildman–Crippen LogP) is 18.0. The minimum atomic E-state index is -5.34. The van der Waals surface area contributed by atoms with E-state index >= 15 is 26.3 Å². The second kappa shape index (κ2) is 18.0. The molecule has 84 heavy (non-hydrogen) atoms. The third kappa shape index (κ3) is 8.54. The molecule has 6 aliphatic heterocycles. The highest BCUT2D eigenvalue weighted by molar-refractivity contribution is 7.16. The normalized spacial score (nSPS) is 19.2. The standard InChI is InChI=1S/C61H53F15N4S4/c1-28-38-20-34(42-17-13-31(82-42)25-53(6,7)58(68,69)70)48-29(2)39-21-36(44-19-15-33(84-44)27-55(10,11)60(74,75)76)50-47(57(65,66)67)41-23-37(45-16-12-30(81-45)24-52(3,4)5)51-46(56(62,63)64)40-22-35(43-18-14-32(83-43)26-54(8,9)59(71,72)73)49(28)79(40)61(77(38)48,78(39)50)80(41)51/h12-23H,24-27H2,1-11H3/q+2. The van der Waals surface area contributed by atoms with E-state index in [4.69, 9.17) is 0 Å². The quantitative estimate of drug-likeness (QED) is 0.0908. The van der Waals surface area contributed by atoms with Crippen molar-refractivity contribution in [1.82, 2.24) is 9.13 Å². The van der Waals surface area contributed by atoms with Gasteiger partial charge in [0.2, 0.25) is 22.8 Å². The number of aromatic nitrogens is 2. The van der Waals surface area contributed by atoms with E-state index < -0.39 is 106 Å². The average Bonchev–Trinajstić information content (AvgIpc) is 1.41. The molecule has 12 heterocycles. The highest BCUT2D eigenvalue weighted by Gasteiger charge is 2.77. The second-order valence-electron chi connectivity index (χ2n) is 25.6. The Morgan fingerprint density at radius 1 is 0.464 bits per heavy atom. The fourth-order valence-electron chi connectivity index (χ4n) is 12.4. The minimum Gasteiger partial charge on any atom is -0.198 e. The first kappa shape index (κ1) is 58.7. The van der Waals surface area contributed by atoms with Crippen molar-refractivity contribution in [2.45, 2.75) is 139 Å². The van der Waals surface area contributed by atoms with Gasteiger partial charge >= 0.3 is 36.8 Å². The van der Waals surface area contributed by atoms with Crippen LogP contribution in [0.1, 0.15) is 117 Å². The number of hydrogen-bond acceptors (Lipinski definition) is 4. The molecule has 4 nitrogen and oxygen atoms in total. The molecular weight excluding hydrogens is 1200 g/mol. The van der Waals surface area contributed by atoms with E-state index in [9.17, 15) is 39.5 Å². The number of rotatable bonds is 11. The number of thiophene rings is 4. The van der Waals surface area contributed by atoms with E-state index in [2.05, 4.69) is 0 Å². The van der Waals surface area contributed by atoms with Gasteiger partial charge in [-0.3, -0.25) is 0 Å². The Labute approximate surface area is 488 Å². The summed E-state index contributed by atoms with van der Waals surface area (Å²) in [6.45, 7) is 15.4. The van der Waals surface area contributed by atoms with Gasteiger partial charge in [0.1, 0.15) is 0 Å². The van der Waals surface area contributed by atoms with Crippen LogP contribution in [0, 0.1) is 21.7 Å². The highest BCUT2D eigenvalue weighted by atomic mass is 32.1. The van der Waals surface area contributed by atoms with E-state index in [0.717, 1.165) is 102 Å². The average molecular weight is 1260 g/mol. The zero-order valence-corrected chi connectivity index (χ0v) is 50.1. The van der Waals surface area contributed by atoms with Gasteiger partial charge in [-0.25, -0.2) is 0 Å². The molecule has 0 fully saturated rings. The Hall–Kier alpha value is -5.65. The number of alkyl halides is 15. The summed E-state index contributed by atoms with van der Waals surface area (Å²) in [6, 6.07) is 15.3. The molecule has 444 valence electrons. The van der Waals surface area contributed by atoms with Gasteiger partial charge < -0.3 is 0 Å². The number of allylic oxidation sites excluding steroid dienone is 6. The summed E-state index contributed by atoms with van der Waals surface area (Å²) in [5, 5.41) is 0.621. The van der Waals surface area contributed by atoms with Crippen molar-refractivity contribution >= 4 is 90.2 Å². The summed E-state index contributed by atoms with van der Waals surface area (Å²) < 4.78 is 238. The Kier molecular flexibility index (Phi) is 12.6. The van der Waals surface area contributed by atoms with Crippen LogP contribution >= 0.6 is 45.3 Å². The van der Waals surface area contributed by atoms with E-state index in [-0.39, 0.29) is 57.9 Å². The lowest BCUT2D eigenvalue weighted by Crippen LogP contribution is -2.71. The van der Waals surface area contributed by atoms with Crippen LogP contribution in [0.5, 0.6) is 0 Å². The third-order valence-corrected chi connectivity index (χ3v) is 21.3. The van der Waals surface area contributed by atoms with Crippen molar-refractivity contribution < 1.29 is 75.0 Å². The predicted molar refractivity (Wildman–Crippen MR) is 301 cm³/mol. The molecule has 0 saturated heterocycles. The molecule has 0 amide bonds. The Morgan fingerprint density at radius 3 is 1.37 bits per heavy atom. The molecule has 12 rings (SSSR count). The molecule has 0 radical (unpaired) electrons. The summed E-state index contributed by atoms with van der Waals surface area (Å²) in [6.07, 6.45) is -22.8. The summed E-state index contributed by atoms with van der Waals surface area (Å²) in [7, 11) is 0. The summed E-state index contributed by atoms with van der Waals surface area (Å²) in [4.78, 5) is 2.59. The lowest BCUT2D eigenvalue weighted by molar-refractivity contribution is -0.834. The van der Waals surface area contributed by atoms with Crippen LogP contribution in [0.4, 0.5) is 65.9 Å². The van der Waals surface area contributed by atoms with Crippen molar-refractivity contribution in [3.63, 3.8) is 0 Å². The molecule has 0 N–H and O–H groups in total. The van der Waals surface area contributed by atoms with Gasteiger partial charge in [-0.05, 0) is 106 Å². The molecule has 1 unspecified atom stereocenters. The molecule has 6 aromatic rings. The molecule has 0 saturated carbocycles. The SMILES string of the molecule is CC1=c2cc(-c3ccc(CC(C)(C)C(F)(F)F)s3)c3n2C24n5c(cc(-c6ccc(CC(C)(C)C)s6)c5C(C(F)(F)F)=C5C=C(c6ccc(CC(C)(C)C(F)(F)F)s6)C1=[N+]52)C(C(F)(F)F)=C1C(c2ccc(CC(C)(C)C(F)(F)F)s2)=CC(=[N+]14)C=3C. The molecule has 0 aromatic carbocycles. The zero-order chi connectivity index (χ0) is 61.3. The van der Waals surface area contributed by atoms with Crippen LogP contribution < -0.4 is 10.7 Å². The van der Waals surface area contributed by atoms with Crippen LogP contribution in [0.2, 0.25) is 0 Å². The maximum Gasteiger partial charge on any atom is 0.553 e. The molecule has 23 heteroatoms. The van der Waals surface area contributed by atoms with Crippen LogP contribution in [0.3, 0.4) is 0 Å². The molecular formula is C61H53F15N4S4+2. The fourth-order valence-corrected chi connectivity index (χ4v) is 17.5. The van der Waals surface area contributed by atoms with Gasteiger partial charge in [-0.1, -0.05) is 71.5 Å². The van der Waals surface area contributed by atoms with Gasteiger partial charge in [0, 0.05) is 73.4 Å². The monoisotopic (exact) mass is 1250 g/mol. The first-order chi connectivity index (χ1) is 38.5. The zero-order valence-electron chi connectivity index (χ0n) is 46.8. The van der Waals surface area contributed by atoms with Crippen LogP contribution in [0.25, 0.3) is 54.3 Å². The maximum absolute atomic E-state index is 17.0. The first-order valence-electron chi connectivity index (χ1n) is 26.7. The molecule has 1 atom stereocenters. The lowest BCUT2D eigenvalue weighted by atomic mass is 9.88. The van der Waals surface area contributed by atoms with Gasteiger partial charge in [0.05, 0.1) is 49.5 Å². The lowest BCUT2D eigenvalue weighted by Gasteiger charge is -2.41. The Bertz CT molecular complexity index is 4210. The highest BCUT2D eigenvalue weighted by Crippen LogP contribution is 2.62. The molecule has 6 aliphatic rings. The summed E-state index contributed by atoms with van der Waals surface area (Å²) in [5.74, 6) is -2.35. The van der Waals surface area contributed by atoms with Gasteiger partial charge in [0.25, 0.3) is 0 Å². The Morgan fingerprint density at radius 2 is 0.905 bits per heavy atom. The van der Waals surface area contributed by atoms with Crippen LogP contribution in [0.15, 0.2) is 84.2 Å². The maximum atomic E-state index is 17.0. The van der Waals surface area contributed by atoms with Crippen molar-refractivity contribution in [1.29, 1.82) is 0 Å². The summed E-state index contributed by atoms with van der Waals surface area (Å²) >= 11 is 3.99.